The third kappa shape index (κ3) is 8.13. The van der Waals surface area contributed by atoms with Gasteiger partial charge in [0.15, 0.2) is 9.76 Å². The van der Waals surface area contributed by atoms with Gasteiger partial charge in [-0.15, -0.1) is 0 Å². The molecule has 1 fully saturated rings. The standard InChI is InChI=1S/C30H45NO6Si/c1-28(2,3)36-27(34)31-25-18-17-24(19-23(33)20-32)35-26(25)30(37-38-29(4,5)6,21-13-9-7-10-14-21)22-15-11-8-12-16-22/h7-16,23-26,32-33H,17-20,38H2,1-6H3,(H,31,34)/t23?,24-,25+,26-/m0/s1. The van der Waals surface area contributed by atoms with Gasteiger partial charge in [-0.2, -0.15) is 0 Å². The summed E-state index contributed by atoms with van der Waals surface area (Å²) in [5, 5.41) is 22.8. The molecule has 0 bridgehead atoms. The number of amides is 1. The first-order valence-electron chi connectivity index (χ1n) is 13.5. The zero-order valence-electron chi connectivity index (χ0n) is 23.6. The van der Waals surface area contributed by atoms with E-state index in [0.29, 0.717) is 19.3 Å². The fourth-order valence-electron chi connectivity index (χ4n) is 4.87. The van der Waals surface area contributed by atoms with Crippen molar-refractivity contribution in [1.29, 1.82) is 0 Å². The Kier molecular flexibility index (Phi) is 10.2. The summed E-state index contributed by atoms with van der Waals surface area (Å²) in [5.74, 6) is 0. The molecular formula is C30H45NO6Si. The number of aliphatic hydroxyl groups is 2. The van der Waals surface area contributed by atoms with E-state index in [1.807, 2.05) is 81.4 Å². The lowest BCUT2D eigenvalue weighted by atomic mass is 9.76. The fourth-order valence-corrected chi connectivity index (χ4v) is 6.03. The van der Waals surface area contributed by atoms with Crippen molar-refractivity contribution in [2.45, 2.75) is 101 Å². The molecule has 38 heavy (non-hydrogen) atoms. The molecule has 1 aliphatic heterocycles. The molecule has 3 N–H and O–H groups in total. The van der Waals surface area contributed by atoms with Gasteiger partial charge in [0.05, 0.1) is 24.9 Å². The smallest absolute Gasteiger partial charge is 0.407 e. The maximum absolute atomic E-state index is 13.0. The molecule has 0 aliphatic carbocycles. The number of benzene rings is 2. The lowest BCUT2D eigenvalue weighted by molar-refractivity contribution is -0.156. The highest BCUT2D eigenvalue weighted by Crippen LogP contribution is 2.44. The Morgan fingerprint density at radius 3 is 2.03 bits per heavy atom. The lowest BCUT2D eigenvalue weighted by Gasteiger charge is -2.49. The van der Waals surface area contributed by atoms with Gasteiger partial charge in [-0.25, -0.2) is 4.79 Å². The maximum atomic E-state index is 13.0. The van der Waals surface area contributed by atoms with Crippen LogP contribution in [0.25, 0.3) is 0 Å². The van der Waals surface area contributed by atoms with Crippen LogP contribution < -0.4 is 5.32 Å². The fraction of sp³-hybridized carbons (Fsp3) is 0.567. The Labute approximate surface area is 229 Å². The molecule has 8 heteroatoms. The highest BCUT2D eigenvalue weighted by atomic mass is 28.2. The van der Waals surface area contributed by atoms with E-state index in [1.165, 1.54) is 0 Å². The number of rotatable bonds is 9. The average Bonchev–Trinajstić information content (AvgIpc) is 2.85. The highest BCUT2D eigenvalue weighted by Gasteiger charge is 2.51. The number of alkyl carbamates (subject to hydrolysis) is 1. The van der Waals surface area contributed by atoms with Crippen molar-refractivity contribution in [1.82, 2.24) is 5.32 Å². The molecular weight excluding hydrogens is 498 g/mol. The molecule has 1 unspecified atom stereocenters. The van der Waals surface area contributed by atoms with Crippen LogP contribution in [0.2, 0.25) is 5.04 Å². The van der Waals surface area contributed by atoms with Gasteiger partial charge in [-0.3, -0.25) is 0 Å². The Morgan fingerprint density at radius 1 is 1.00 bits per heavy atom. The van der Waals surface area contributed by atoms with E-state index in [0.717, 1.165) is 11.1 Å². The minimum Gasteiger partial charge on any atom is -0.444 e. The molecule has 0 aromatic heterocycles. The van der Waals surface area contributed by atoms with E-state index >= 15 is 0 Å². The van der Waals surface area contributed by atoms with Crippen molar-refractivity contribution in [2.75, 3.05) is 6.61 Å². The predicted molar refractivity (Wildman–Crippen MR) is 152 cm³/mol. The van der Waals surface area contributed by atoms with Gasteiger partial charge in [-0.1, -0.05) is 81.4 Å². The van der Waals surface area contributed by atoms with Gasteiger partial charge in [0.2, 0.25) is 0 Å². The van der Waals surface area contributed by atoms with Gasteiger partial charge in [0, 0.05) is 6.42 Å². The molecule has 2 aromatic rings. The number of ether oxygens (including phenoxy) is 2. The van der Waals surface area contributed by atoms with Crippen LogP contribution in [0.5, 0.6) is 0 Å². The van der Waals surface area contributed by atoms with Crippen molar-refractivity contribution in [3.05, 3.63) is 71.8 Å². The molecule has 7 nitrogen and oxygen atoms in total. The zero-order chi connectivity index (χ0) is 28.0. The van der Waals surface area contributed by atoms with E-state index in [9.17, 15) is 15.0 Å². The maximum Gasteiger partial charge on any atom is 0.407 e. The number of hydrogen-bond donors (Lipinski definition) is 3. The molecule has 3 rings (SSSR count). The highest BCUT2D eigenvalue weighted by molar-refractivity contribution is 6.32. The van der Waals surface area contributed by atoms with Crippen LogP contribution in [-0.2, 0) is 19.5 Å². The van der Waals surface area contributed by atoms with Gasteiger partial charge in [0.1, 0.15) is 17.3 Å². The van der Waals surface area contributed by atoms with E-state index in [2.05, 4.69) is 26.1 Å². The van der Waals surface area contributed by atoms with Gasteiger partial charge in [0.25, 0.3) is 0 Å². The van der Waals surface area contributed by atoms with Gasteiger partial charge >= 0.3 is 6.09 Å². The van der Waals surface area contributed by atoms with Gasteiger partial charge < -0.3 is 29.4 Å². The summed E-state index contributed by atoms with van der Waals surface area (Å²) in [5.41, 5.74) is 0.221. The molecule has 1 aliphatic rings. The summed E-state index contributed by atoms with van der Waals surface area (Å²) in [6, 6.07) is 19.7. The summed E-state index contributed by atoms with van der Waals surface area (Å²) >= 11 is 0. The molecule has 4 atom stereocenters. The monoisotopic (exact) mass is 543 g/mol. The quantitative estimate of drug-likeness (QED) is 0.405. The van der Waals surface area contributed by atoms with E-state index in [1.54, 1.807) is 0 Å². The van der Waals surface area contributed by atoms with Crippen LogP contribution in [0.4, 0.5) is 4.79 Å². The van der Waals surface area contributed by atoms with Crippen molar-refractivity contribution in [2.24, 2.45) is 0 Å². The third-order valence-electron chi connectivity index (χ3n) is 6.49. The Morgan fingerprint density at radius 2 is 1.55 bits per heavy atom. The van der Waals surface area contributed by atoms with Crippen molar-refractivity contribution in [3.8, 4) is 0 Å². The minimum atomic E-state index is -1.12. The summed E-state index contributed by atoms with van der Waals surface area (Å²) in [6.07, 6.45) is -0.803. The first kappa shape index (κ1) is 30.3. The van der Waals surface area contributed by atoms with Crippen LogP contribution in [0.15, 0.2) is 60.7 Å². The number of carbonyl (C=O) groups excluding carboxylic acids is 1. The Bertz CT molecular complexity index is 965. The van der Waals surface area contributed by atoms with Crippen LogP contribution >= 0.6 is 0 Å². The first-order valence-corrected chi connectivity index (χ1v) is 14.8. The molecule has 210 valence electrons. The van der Waals surface area contributed by atoms with Crippen molar-refractivity contribution >= 4 is 15.9 Å². The topological polar surface area (TPSA) is 97.3 Å². The average molecular weight is 544 g/mol. The summed E-state index contributed by atoms with van der Waals surface area (Å²) in [6.45, 7) is 11.7. The number of aliphatic hydroxyl groups excluding tert-OH is 2. The summed E-state index contributed by atoms with van der Waals surface area (Å²) in [4.78, 5) is 13.0. The molecule has 1 amide bonds. The first-order chi connectivity index (χ1) is 17.8. The second-order valence-corrected chi connectivity index (χ2v) is 15.1. The minimum absolute atomic E-state index is 0.00987. The van der Waals surface area contributed by atoms with Crippen molar-refractivity contribution < 1.29 is 28.9 Å². The number of nitrogens with one attached hydrogen (secondary N) is 1. The van der Waals surface area contributed by atoms with E-state index in [-0.39, 0.29) is 17.7 Å². The molecule has 0 spiro atoms. The third-order valence-corrected chi connectivity index (χ3v) is 7.96. The molecule has 1 heterocycles. The predicted octanol–water partition coefficient (Wildman–Crippen LogP) is 4.43. The Balaban J connectivity index is 2.16. The zero-order valence-corrected chi connectivity index (χ0v) is 25.1. The summed E-state index contributed by atoms with van der Waals surface area (Å²) < 4.78 is 19.5. The van der Waals surface area contributed by atoms with E-state index in [4.69, 9.17) is 13.9 Å². The SMILES string of the molecule is CC(C)(C)OC(=O)N[C@@H]1CC[C@@H](CC(O)CO)O[C@@H]1C(O[SiH2]C(C)(C)C)(c1ccccc1)c1ccccc1. The van der Waals surface area contributed by atoms with Crippen LogP contribution in [0, 0.1) is 0 Å². The number of hydrogen-bond acceptors (Lipinski definition) is 6. The Hall–Kier alpha value is -2.23. The molecule has 0 radical (unpaired) electrons. The second-order valence-electron chi connectivity index (χ2n) is 12.4. The van der Waals surface area contributed by atoms with Gasteiger partial charge in [-0.05, 0) is 49.8 Å². The molecule has 2 aromatic carbocycles. The molecule has 1 saturated heterocycles. The van der Waals surface area contributed by atoms with Crippen LogP contribution in [0.1, 0.15) is 71.9 Å². The van der Waals surface area contributed by atoms with Crippen LogP contribution in [-0.4, -0.2) is 62.6 Å². The normalized spacial score (nSPS) is 21.8. The number of carbonyl (C=O) groups is 1. The second kappa shape index (κ2) is 12.7. The largest absolute Gasteiger partial charge is 0.444 e. The summed E-state index contributed by atoms with van der Waals surface area (Å²) in [7, 11) is -1.12. The van der Waals surface area contributed by atoms with E-state index < -0.39 is 45.3 Å². The lowest BCUT2D eigenvalue weighted by Crippen LogP contribution is -2.61. The molecule has 0 saturated carbocycles. The van der Waals surface area contributed by atoms with Crippen LogP contribution in [0.3, 0.4) is 0 Å². The van der Waals surface area contributed by atoms with Crippen molar-refractivity contribution in [3.63, 3.8) is 0 Å².